The topological polar surface area (TPSA) is 129 Å². The Balaban J connectivity index is 1.62. The van der Waals surface area contributed by atoms with Gasteiger partial charge in [0.25, 0.3) is 0 Å². The maximum Gasteiger partial charge on any atom is 0.343 e. The average Bonchev–Trinajstić information content (AvgIpc) is 3.06. The molecule has 1 heterocycles. The van der Waals surface area contributed by atoms with Gasteiger partial charge in [-0.2, -0.15) is 5.10 Å². The number of benzene rings is 2. The lowest BCUT2D eigenvalue weighted by molar-refractivity contribution is -0.305. The monoisotopic (exact) mass is 426 g/mol. The van der Waals surface area contributed by atoms with E-state index in [1.165, 1.54) is 13.3 Å². The van der Waals surface area contributed by atoms with Crippen LogP contribution in [0.2, 0.25) is 0 Å². The van der Waals surface area contributed by atoms with Crippen LogP contribution in [0.4, 0.5) is 0 Å². The Bertz CT molecular complexity index is 1020. The molecule has 0 aromatic heterocycles. The van der Waals surface area contributed by atoms with E-state index >= 15 is 0 Å². The predicted octanol–water partition coefficient (Wildman–Crippen LogP) is 0.976. The number of methoxy groups -OCH3 is 1. The minimum atomic E-state index is -1.31. The quantitative estimate of drug-likeness (QED) is 0.302. The summed E-state index contributed by atoms with van der Waals surface area (Å²) >= 11 is 0.970. The standard InChI is InChI=1S/C20H17N3O6S/c1-28-14-7-5-13(6-8-14)19(27)29-15-4-2-3-12(9-15)11-21-23-20-22-18(26)16(30-20)10-17(24)25/h2-9,11,16H,10H2,1H3,(H,24,25)(H,22,23,26)/p-1/b21-11+. The number of carbonyl (C=O) groups excluding carboxylic acids is 3. The molecule has 1 saturated heterocycles. The summed E-state index contributed by atoms with van der Waals surface area (Å²) in [5, 5.41) is 20.2. The molecule has 10 heteroatoms. The third kappa shape index (κ3) is 5.67. The van der Waals surface area contributed by atoms with Crippen LogP contribution in [0.3, 0.4) is 0 Å². The Morgan fingerprint density at radius 3 is 2.67 bits per heavy atom. The van der Waals surface area contributed by atoms with Crippen molar-refractivity contribution < 1.29 is 29.0 Å². The van der Waals surface area contributed by atoms with E-state index in [4.69, 9.17) is 9.47 Å². The molecule has 1 unspecified atom stereocenters. The molecule has 0 bridgehead atoms. The molecule has 1 fully saturated rings. The molecule has 1 aliphatic heterocycles. The van der Waals surface area contributed by atoms with E-state index < -0.39 is 29.5 Å². The van der Waals surface area contributed by atoms with E-state index in [1.54, 1.807) is 48.5 Å². The van der Waals surface area contributed by atoms with Gasteiger partial charge in [0.05, 0.1) is 24.1 Å². The normalized spacial score (nSPS) is 17.2. The number of amidine groups is 1. The molecule has 30 heavy (non-hydrogen) atoms. The van der Waals surface area contributed by atoms with E-state index in [2.05, 4.69) is 15.5 Å². The Morgan fingerprint density at radius 1 is 1.20 bits per heavy atom. The number of hydrogen-bond acceptors (Lipinski definition) is 9. The maximum absolute atomic E-state index is 12.2. The summed E-state index contributed by atoms with van der Waals surface area (Å²) in [4.78, 5) is 34.5. The predicted molar refractivity (Wildman–Crippen MR) is 109 cm³/mol. The van der Waals surface area contributed by atoms with Crippen molar-refractivity contribution in [1.29, 1.82) is 0 Å². The molecule has 0 radical (unpaired) electrons. The van der Waals surface area contributed by atoms with Crippen molar-refractivity contribution >= 4 is 41.0 Å². The Kier molecular flexibility index (Phi) is 6.81. The average molecular weight is 426 g/mol. The van der Waals surface area contributed by atoms with Gasteiger partial charge in [0.1, 0.15) is 11.5 Å². The van der Waals surface area contributed by atoms with Crippen LogP contribution < -0.4 is 19.9 Å². The summed E-state index contributed by atoms with van der Waals surface area (Å²) in [7, 11) is 1.54. The van der Waals surface area contributed by atoms with Crippen molar-refractivity contribution in [2.45, 2.75) is 11.7 Å². The highest BCUT2D eigenvalue weighted by Crippen LogP contribution is 2.22. The molecule has 154 valence electrons. The minimum absolute atomic E-state index is 0.199. The van der Waals surface area contributed by atoms with Crippen LogP contribution in [0.15, 0.2) is 58.7 Å². The van der Waals surface area contributed by atoms with Gasteiger partial charge in [-0.15, -0.1) is 5.10 Å². The van der Waals surface area contributed by atoms with Crippen molar-refractivity contribution in [1.82, 2.24) is 5.32 Å². The molecule has 2 aromatic rings. The fourth-order valence-electron chi connectivity index (χ4n) is 2.44. The summed E-state index contributed by atoms with van der Waals surface area (Å²) in [5.41, 5.74) is 0.987. The number of carboxylic acid groups (broad SMARTS) is 1. The Morgan fingerprint density at radius 2 is 1.97 bits per heavy atom. The summed E-state index contributed by atoms with van der Waals surface area (Å²) in [6, 6.07) is 13.2. The summed E-state index contributed by atoms with van der Waals surface area (Å²) < 4.78 is 10.4. The second kappa shape index (κ2) is 9.70. The van der Waals surface area contributed by atoms with E-state index in [1.807, 2.05) is 0 Å². The third-order valence-corrected chi connectivity index (χ3v) is 4.95. The van der Waals surface area contributed by atoms with Gasteiger partial charge in [-0.1, -0.05) is 23.9 Å². The van der Waals surface area contributed by atoms with Crippen molar-refractivity contribution in [3.8, 4) is 11.5 Å². The zero-order valence-electron chi connectivity index (χ0n) is 15.7. The number of aliphatic carboxylic acids is 1. The van der Waals surface area contributed by atoms with Gasteiger partial charge in [-0.3, -0.25) is 4.79 Å². The van der Waals surface area contributed by atoms with Gasteiger partial charge >= 0.3 is 5.97 Å². The molecule has 0 aliphatic carbocycles. The first-order chi connectivity index (χ1) is 14.4. The van der Waals surface area contributed by atoms with Gasteiger partial charge < -0.3 is 24.7 Å². The Labute approximate surface area is 175 Å². The number of esters is 1. The van der Waals surface area contributed by atoms with Gasteiger partial charge in [-0.25, -0.2) is 4.79 Å². The van der Waals surface area contributed by atoms with Crippen molar-refractivity contribution in [2.24, 2.45) is 10.2 Å². The number of rotatable bonds is 7. The molecule has 1 aliphatic rings. The number of thioether (sulfide) groups is 1. The van der Waals surface area contributed by atoms with E-state index in [0.29, 0.717) is 22.6 Å². The van der Waals surface area contributed by atoms with Crippen LogP contribution in [0.1, 0.15) is 22.3 Å². The molecular weight excluding hydrogens is 410 g/mol. The maximum atomic E-state index is 12.2. The van der Waals surface area contributed by atoms with E-state index in [9.17, 15) is 19.5 Å². The summed E-state index contributed by atoms with van der Waals surface area (Å²) in [6.45, 7) is 0. The summed E-state index contributed by atoms with van der Waals surface area (Å²) in [6.07, 6.45) is 1.01. The van der Waals surface area contributed by atoms with Crippen LogP contribution >= 0.6 is 11.8 Å². The molecular formula is C20H16N3O6S-. The zero-order valence-corrected chi connectivity index (χ0v) is 16.5. The number of nitrogens with one attached hydrogen (secondary N) is 1. The first-order valence-corrected chi connectivity index (χ1v) is 9.57. The molecule has 3 rings (SSSR count). The van der Waals surface area contributed by atoms with Crippen LogP contribution in [0, 0.1) is 0 Å². The second-order valence-corrected chi connectivity index (χ2v) is 7.20. The fraction of sp³-hybridized carbons (Fsp3) is 0.150. The molecule has 2 aromatic carbocycles. The SMILES string of the molecule is COc1ccc(C(=O)Oc2cccc(/C=N/N=C3\NC(=O)C(CC(=O)[O-])S3)c2)cc1. The highest BCUT2D eigenvalue weighted by atomic mass is 32.2. The lowest BCUT2D eigenvalue weighted by Gasteiger charge is -2.05. The van der Waals surface area contributed by atoms with Crippen molar-refractivity contribution in [2.75, 3.05) is 7.11 Å². The number of ether oxygens (including phenoxy) is 2. The number of carboxylic acids is 1. The van der Waals surface area contributed by atoms with Crippen LogP contribution in [0.5, 0.6) is 11.5 Å². The van der Waals surface area contributed by atoms with Gasteiger partial charge in [0, 0.05) is 12.4 Å². The van der Waals surface area contributed by atoms with Crippen molar-refractivity contribution in [3.63, 3.8) is 0 Å². The zero-order chi connectivity index (χ0) is 21.5. The van der Waals surface area contributed by atoms with E-state index in [-0.39, 0.29) is 5.17 Å². The molecule has 1 atom stereocenters. The fourth-order valence-corrected chi connectivity index (χ4v) is 3.35. The highest BCUT2D eigenvalue weighted by molar-refractivity contribution is 8.15. The number of nitrogens with zero attached hydrogens (tertiary/aromatic N) is 2. The number of carbonyl (C=O) groups is 3. The number of amides is 1. The molecule has 9 nitrogen and oxygen atoms in total. The van der Waals surface area contributed by atoms with Crippen LogP contribution in [-0.2, 0) is 9.59 Å². The van der Waals surface area contributed by atoms with E-state index in [0.717, 1.165) is 11.8 Å². The van der Waals surface area contributed by atoms with Gasteiger partial charge in [0.15, 0.2) is 5.17 Å². The largest absolute Gasteiger partial charge is 0.550 e. The minimum Gasteiger partial charge on any atom is -0.550 e. The van der Waals surface area contributed by atoms with Crippen LogP contribution in [-0.4, -0.2) is 41.6 Å². The van der Waals surface area contributed by atoms with Crippen molar-refractivity contribution in [3.05, 3.63) is 59.7 Å². The molecule has 0 spiro atoms. The summed E-state index contributed by atoms with van der Waals surface area (Å²) in [5.74, 6) is -1.33. The second-order valence-electron chi connectivity index (χ2n) is 6.01. The first kappa shape index (κ1) is 21.1. The number of hydrogen-bond donors (Lipinski definition) is 1. The van der Waals surface area contributed by atoms with Gasteiger partial charge in [0.2, 0.25) is 5.91 Å². The van der Waals surface area contributed by atoms with Gasteiger partial charge in [-0.05, 0) is 42.0 Å². The highest BCUT2D eigenvalue weighted by Gasteiger charge is 2.30. The lowest BCUT2D eigenvalue weighted by Crippen LogP contribution is -2.31. The first-order valence-electron chi connectivity index (χ1n) is 8.69. The lowest BCUT2D eigenvalue weighted by atomic mass is 10.2. The smallest absolute Gasteiger partial charge is 0.343 e. The third-order valence-electron chi connectivity index (χ3n) is 3.88. The Hall–Kier alpha value is -3.66. The molecule has 0 saturated carbocycles. The molecule has 1 amide bonds. The molecule has 1 N–H and O–H groups in total. The van der Waals surface area contributed by atoms with Crippen LogP contribution in [0.25, 0.3) is 0 Å².